The van der Waals surface area contributed by atoms with Crippen LogP contribution >= 0.6 is 15.9 Å². The Balaban J connectivity index is 2.26. The number of amides is 2. The van der Waals surface area contributed by atoms with E-state index < -0.39 is 0 Å². The predicted molar refractivity (Wildman–Crippen MR) is 68.3 cm³/mol. The Kier molecular flexibility index (Phi) is 3.19. The average molecular weight is 297 g/mol. The van der Waals surface area contributed by atoms with Crippen molar-refractivity contribution in [1.82, 2.24) is 4.90 Å². The number of benzene rings is 1. The third-order valence-electron chi connectivity index (χ3n) is 3.09. The van der Waals surface area contributed by atoms with Crippen LogP contribution in [0.1, 0.15) is 24.3 Å². The molecule has 90 valence electrons. The summed E-state index contributed by atoms with van der Waals surface area (Å²) in [6, 6.07) is 5.54. The summed E-state index contributed by atoms with van der Waals surface area (Å²) < 4.78 is 0.800. The highest BCUT2D eigenvalue weighted by atomic mass is 79.9. The summed E-state index contributed by atoms with van der Waals surface area (Å²) in [5.74, 6) is -0.290. The highest BCUT2D eigenvalue weighted by molar-refractivity contribution is 9.10. The van der Waals surface area contributed by atoms with Gasteiger partial charge in [-0.05, 0) is 33.6 Å². The van der Waals surface area contributed by atoms with Gasteiger partial charge in [0.25, 0.3) is 0 Å². The van der Waals surface area contributed by atoms with Crippen LogP contribution in [0, 0.1) is 0 Å². The number of nitrogen functional groups attached to an aromatic ring is 1. The molecule has 2 rings (SSSR count). The molecule has 2 amide bonds. The molecule has 1 aliphatic heterocycles. The number of halogens is 1. The fourth-order valence-electron chi connectivity index (χ4n) is 1.94. The van der Waals surface area contributed by atoms with Crippen LogP contribution in [0.15, 0.2) is 22.7 Å². The third-order valence-corrected chi connectivity index (χ3v) is 3.77. The number of carbonyl (C=O) groups excluding carboxylic acids is 2. The van der Waals surface area contributed by atoms with Crippen LogP contribution in [-0.4, -0.2) is 23.8 Å². The van der Waals surface area contributed by atoms with Crippen molar-refractivity contribution < 1.29 is 9.59 Å². The van der Waals surface area contributed by atoms with E-state index in [0.717, 1.165) is 10.0 Å². The summed E-state index contributed by atoms with van der Waals surface area (Å²) >= 11 is 3.35. The first kappa shape index (κ1) is 12.1. The first-order valence-corrected chi connectivity index (χ1v) is 6.12. The number of rotatable bonds is 1. The molecule has 1 heterocycles. The van der Waals surface area contributed by atoms with E-state index in [0.29, 0.717) is 18.5 Å². The lowest BCUT2D eigenvalue weighted by atomic mass is 9.89. The Bertz CT molecular complexity index is 469. The van der Waals surface area contributed by atoms with E-state index in [1.807, 2.05) is 12.1 Å². The molecule has 1 aromatic rings. The molecule has 0 aliphatic carbocycles. The summed E-state index contributed by atoms with van der Waals surface area (Å²) in [6.07, 6.45) is 0.747. The number of carbonyl (C=O) groups is 2. The summed E-state index contributed by atoms with van der Waals surface area (Å²) in [4.78, 5) is 24.4. The van der Waals surface area contributed by atoms with Crippen molar-refractivity contribution in [3.8, 4) is 0 Å². The molecule has 0 spiro atoms. The van der Waals surface area contributed by atoms with Gasteiger partial charge in [-0.15, -0.1) is 0 Å². The Morgan fingerprint density at radius 2 is 1.88 bits per heavy atom. The Morgan fingerprint density at radius 3 is 2.41 bits per heavy atom. The minimum Gasteiger partial charge on any atom is -0.398 e. The Morgan fingerprint density at radius 1 is 1.29 bits per heavy atom. The predicted octanol–water partition coefficient (Wildman–Crippen LogP) is 1.89. The van der Waals surface area contributed by atoms with Crippen LogP contribution in [0.25, 0.3) is 0 Å². The molecule has 0 aromatic heterocycles. The second kappa shape index (κ2) is 4.49. The highest BCUT2D eigenvalue weighted by Crippen LogP contribution is 2.32. The Labute approximate surface area is 108 Å². The first-order valence-electron chi connectivity index (χ1n) is 5.33. The molecular weight excluding hydrogens is 284 g/mol. The number of imide groups is 1. The first-order chi connectivity index (χ1) is 7.99. The standard InChI is InChI=1S/C12H13BrN2O2/c1-15-11(16)5-8(6-12(15)17)7-2-3-10(14)9(13)4-7/h2-4,8H,5-6,14H2,1H3. The van der Waals surface area contributed by atoms with Crippen molar-refractivity contribution in [1.29, 1.82) is 0 Å². The van der Waals surface area contributed by atoms with Crippen molar-refractivity contribution in [2.75, 3.05) is 12.8 Å². The van der Waals surface area contributed by atoms with Gasteiger partial charge in [0.05, 0.1) is 0 Å². The van der Waals surface area contributed by atoms with E-state index in [-0.39, 0.29) is 17.7 Å². The van der Waals surface area contributed by atoms with Crippen LogP contribution in [0.4, 0.5) is 5.69 Å². The van der Waals surface area contributed by atoms with Crippen molar-refractivity contribution in [2.24, 2.45) is 0 Å². The molecule has 1 fully saturated rings. The van der Waals surface area contributed by atoms with E-state index in [1.165, 1.54) is 11.9 Å². The molecule has 1 saturated heterocycles. The minimum atomic E-state index is -0.126. The number of likely N-dealkylation sites (tertiary alicyclic amines) is 1. The van der Waals surface area contributed by atoms with Crippen molar-refractivity contribution in [3.63, 3.8) is 0 Å². The maximum Gasteiger partial charge on any atom is 0.229 e. The number of piperidine rings is 1. The second-order valence-corrected chi connectivity index (χ2v) is 5.09. The number of hydrogen-bond acceptors (Lipinski definition) is 3. The maximum atomic E-state index is 11.6. The van der Waals surface area contributed by atoms with Crippen molar-refractivity contribution in [3.05, 3.63) is 28.2 Å². The van der Waals surface area contributed by atoms with Gasteiger partial charge >= 0.3 is 0 Å². The number of hydrogen-bond donors (Lipinski definition) is 1. The van der Waals surface area contributed by atoms with E-state index in [4.69, 9.17) is 5.73 Å². The quantitative estimate of drug-likeness (QED) is 0.636. The molecule has 0 saturated carbocycles. The summed E-state index contributed by atoms with van der Waals surface area (Å²) in [6.45, 7) is 0. The summed E-state index contributed by atoms with van der Waals surface area (Å²) in [5.41, 5.74) is 7.33. The molecule has 5 heteroatoms. The van der Waals surface area contributed by atoms with Gasteiger partial charge in [0.15, 0.2) is 0 Å². The lowest BCUT2D eigenvalue weighted by Gasteiger charge is -2.27. The van der Waals surface area contributed by atoms with Crippen LogP contribution in [0.2, 0.25) is 0 Å². The number of anilines is 1. The van der Waals surface area contributed by atoms with Gasteiger partial charge in [0.2, 0.25) is 11.8 Å². The molecule has 2 N–H and O–H groups in total. The zero-order chi connectivity index (χ0) is 12.6. The Hall–Kier alpha value is -1.36. The van der Waals surface area contributed by atoms with E-state index in [1.54, 1.807) is 6.07 Å². The largest absolute Gasteiger partial charge is 0.398 e. The topological polar surface area (TPSA) is 63.4 Å². The van der Waals surface area contributed by atoms with Crippen LogP contribution < -0.4 is 5.73 Å². The van der Waals surface area contributed by atoms with E-state index in [9.17, 15) is 9.59 Å². The minimum absolute atomic E-state index is 0.0388. The van der Waals surface area contributed by atoms with Gasteiger partial charge in [-0.2, -0.15) is 0 Å². The van der Waals surface area contributed by atoms with Crippen LogP contribution in [0.3, 0.4) is 0 Å². The molecule has 4 nitrogen and oxygen atoms in total. The van der Waals surface area contributed by atoms with E-state index >= 15 is 0 Å². The van der Waals surface area contributed by atoms with Gasteiger partial charge < -0.3 is 5.73 Å². The molecule has 17 heavy (non-hydrogen) atoms. The summed E-state index contributed by atoms with van der Waals surface area (Å²) in [7, 11) is 1.53. The second-order valence-electron chi connectivity index (χ2n) is 4.23. The fourth-order valence-corrected chi connectivity index (χ4v) is 2.34. The van der Waals surface area contributed by atoms with Crippen molar-refractivity contribution >= 4 is 33.4 Å². The monoisotopic (exact) mass is 296 g/mol. The zero-order valence-electron chi connectivity index (χ0n) is 9.44. The smallest absolute Gasteiger partial charge is 0.229 e. The highest BCUT2D eigenvalue weighted by Gasteiger charge is 2.30. The van der Waals surface area contributed by atoms with Crippen molar-refractivity contribution in [2.45, 2.75) is 18.8 Å². The average Bonchev–Trinajstić information content (AvgIpc) is 2.29. The van der Waals surface area contributed by atoms with Gasteiger partial charge in [0.1, 0.15) is 0 Å². The molecule has 1 aliphatic rings. The van der Waals surface area contributed by atoms with Gasteiger partial charge in [-0.3, -0.25) is 14.5 Å². The molecule has 0 unspecified atom stereocenters. The third kappa shape index (κ3) is 2.34. The number of nitrogens with two attached hydrogens (primary N) is 1. The molecule has 0 atom stereocenters. The molecular formula is C12H13BrN2O2. The molecule has 0 radical (unpaired) electrons. The SMILES string of the molecule is CN1C(=O)CC(c2ccc(N)c(Br)c2)CC1=O. The number of nitrogens with zero attached hydrogens (tertiary/aromatic N) is 1. The fraction of sp³-hybridized carbons (Fsp3) is 0.333. The zero-order valence-corrected chi connectivity index (χ0v) is 11.0. The summed E-state index contributed by atoms with van der Waals surface area (Å²) in [5, 5.41) is 0. The lowest BCUT2D eigenvalue weighted by molar-refractivity contribution is -0.146. The lowest BCUT2D eigenvalue weighted by Crippen LogP contribution is -2.39. The molecule has 0 bridgehead atoms. The van der Waals surface area contributed by atoms with Gasteiger partial charge in [-0.1, -0.05) is 6.07 Å². The van der Waals surface area contributed by atoms with Gasteiger partial charge in [0, 0.05) is 36.0 Å². The van der Waals surface area contributed by atoms with Gasteiger partial charge in [-0.25, -0.2) is 0 Å². The van der Waals surface area contributed by atoms with E-state index in [2.05, 4.69) is 15.9 Å². The molecule has 1 aromatic carbocycles. The van der Waals surface area contributed by atoms with Crippen LogP contribution in [-0.2, 0) is 9.59 Å². The maximum absolute atomic E-state index is 11.6. The normalized spacial score (nSPS) is 17.6. The van der Waals surface area contributed by atoms with Crippen LogP contribution in [0.5, 0.6) is 0 Å².